The van der Waals surface area contributed by atoms with Gasteiger partial charge in [-0.25, -0.2) is 13.1 Å². The van der Waals surface area contributed by atoms with Crippen LogP contribution in [0.15, 0.2) is 23.1 Å². The quantitative estimate of drug-likeness (QED) is 0.674. The number of nitrogens with zero attached hydrogens (tertiary/aromatic N) is 1. The molecule has 25 heavy (non-hydrogen) atoms. The molecule has 1 N–H and O–H groups in total. The van der Waals surface area contributed by atoms with E-state index in [1.807, 2.05) is 6.07 Å². The Morgan fingerprint density at radius 3 is 2.60 bits per heavy atom. The first-order valence-electron chi connectivity index (χ1n) is 8.80. The summed E-state index contributed by atoms with van der Waals surface area (Å²) in [5.41, 5.74) is 2.39. The maximum absolute atomic E-state index is 12.5. The van der Waals surface area contributed by atoms with Crippen molar-refractivity contribution in [3.63, 3.8) is 0 Å². The van der Waals surface area contributed by atoms with E-state index in [4.69, 9.17) is 4.74 Å². The number of benzene rings is 1. The molecule has 1 aliphatic carbocycles. The summed E-state index contributed by atoms with van der Waals surface area (Å²) in [6.45, 7) is 3.17. The molecule has 1 aromatic rings. The summed E-state index contributed by atoms with van der Waals surface area (Å²) >= 11 is 0. The van der Waals surface area contributed by atoms with Crippen LogP contribution in [0.3, 0.4) is 0 Å². The van der Waals surface area contributed by atoms with Gasteiger partial charge in [-0.05, 0) is 55.4 Å². The van der Waals surface area contributed by atoms with Crippen molar-refractivity contribution in [2.24, 2.45) is 0 Å². The molecular formula is C18H28N2O4S. The smallest absolute Gasteiger partial charge is 0.240 e. The number of carbonyl (C=O) groups is 1. The van der Waals surface area contributed by atoms with Crippen LogP contribution in [-0.4, -0.2) is 52.6 Å². The number of carbonyl (C=O) groups excluding carboxylic acids is 1. The maximum atomic E-state index is 12.5. The van der Waals surface area contributed by atoms with Crippen LogP contribution in [0.2, 0.25) is 0 Å². The van der Waals surface area contributed by atoms with E-state index in [9.17, 15) is 13.2 Å². The minimum absolute atomic E-state index is 0.0657. The monoisotopic (exact) mass is 368 g/mol. The number of sulfonamides is 1. The van der Waals surface area contributed by atoms with Gasteiger partial charge in [0.15, 0.2) is 0 Å². The fourth-order valence-electron chi connectivity index (χ4n) is 3.10. The molecule has 0 heterocycles. The molecular weight excluding hydrogens is 340 g/mol. The standard InChI is InChI=1S/C18H28N2O4S/c1-15(21)20(11-5-13-24-2)12-10-19-25(22,23)18-9-8-16-6-3-4-7-17(16)14-18/h8-9,14,19H,3-7,10-13H2,1-2H3. The third-order valence-electron chi connectivity index (χ3n) is 4.53. The number of methoxy groups -OCH3 is 1. The second kappa shape index (κ2) is 9.31. The fraction of sp³-hybridized carbons (Fsp3) is 0.611. The fourth-order valence-corrected chi connectivity index (χ4v) is 4.17. The lowest BCUT2D eigenvalue weighted by molar-refractivity contribution is -0.128. The minimum atomic E-state index is -3.55. The van der Waals surface area contributed by atoms with Crippen LogP contribution in [-0.2, 0) is 32.4 Å². The van der Waals surface area contributed by atoms with Gasteiger partial charge in [0.05, 0.1) is 4.90 Å². The van der Waals surface area contributed by atoms with Crippen molar-refractivity contribution >= 4 is 15.9 Å². The van der Waals surface area contributed by atoms with Crippen LogP contribution in [0, 0.1) is 0 Å². The Hall–Kier alpha value is -1.44. The molecule has 1 amide bonds. The summed E-state index contributed by atoms with van der Waals surface area (Å²) in [5.74, 6) is -0.0657. The zero-order valence-corrected chi connectivity index (χ0v) is 15.9. The molecule has 6 nitrogen and oxygen atoms in total. The van der Waals surface area contributed by atoms with E-state index in [2.05, 4.69) is 4.72 Å². The predicted octanol–water partition coefficient (Wildman–Crippen LogP) is 1.73. The lowest BCUT2D eigenvalue weighted by atomic mass is 9.92. The van der Waals surface area contributed by atoms with E-state index in [1.165, 1.54) is 18.9 Å². The van der Waals surface area contributed by atoms with E-state index in [-0.39, 0.29) is 12.5 Å². The summed E-state index contributed by atoms with van der Waals surface area (Å²) in [6.07, 6.45) is 4.97. The van der Waals surface area contributed by atoms with E-state index in [0.717, 1.165) is 31.2 Å². The number of ether oxygens (including phenoxy) is 1. The van der Waals surface area contributed by atoms with Gasteiger partial charge in [0.1, 0.15) is 0 Å². The van der Waals surface area contributed by atoms with E-state index < -0.39 is 10.0 Å². The highest BCUT2D eigenvalue weighted by molar-refractivity contribution is 7.89. The number of amides is 1. The Bertz CT molecular complexity index is 688. The molecule has 140 valence electrons. The molecule has 0 aliphatic heterocycles. The van der Waals surface area contributed by atoms with Gasteiger partial charge in [0.2, 0.25) is 15.9 Å². The highest BCUT2D eigenvalue weighted by Gasteiger charge is 2.18. The number of hydrogen-bond acceptors (Lipinski definition) is 4. The molecule has 7 heteroatoms. The predicted molar refractivity (Wildman–Crippen MR) is 97.0 cm³/mol. The SMILES string of the molecule is COCCCN(CCNS(=O)(=O)c1ccc2c(c1)CCCC2)C(C)=O. The molecule has 0 radical (unpaired) electrons. The molecule has 1 aromatic carbocycles. The largest absolute Gasteiger partial charge is 0.385 e. The molecule has 1 aliphatic rings. The number of fused-ring (bicyclic) bond motifs is 1. The minimum Gasteiger partial charge on any atom is -0.385 e. The summed E-state index contributed by atoms with van der Waals surface area (Å²) in [6, 6.07) is 5.39. The summed E-state index contributed by atoms with van der Waals surface area (Å²) < 4.78 is 32.6. The van der Waals surface area contributed by atoms with Gasteiger partial charge in [-0.2, -0.15) is 0 Å². The maximum Gasteiger partial charge on any atom is 0.240 e. The highest BCUT2D eigenvalue weighted by atomic mass is 32.2. The highest BCUT2D eigenvalue weighted by Crippen LogP contribution is 2.23. The average Bonchev–Trinajstić information content (AvgIpc) is 2.59. The van der Waals surface area contributed by atoms with Crippen LogP contribution in [0.5, 0.6) is 0 Å². The van der Waals surface area contributed by atoms with Crippen molar-refractivity contribution < 1.29 is 17.9 Å². The first-order chi connectivity index (χ1) is 11.9. The van der Waals surface area contributed by atoms with Gasteiger partial charge in [0, 0.05) is 40.3 Å². The Balaban J connectivity index is 1.93. The van der Waals surface area contributed by atoms with Crippen LogP contribution < -0.4 is 4.72 Å². The molecule has 0 bridgehead atoms. The van der Waals surface area contributed by atoms with Crippen molar-refractivity contribution in [3.05, 3.63) is 29.3 Å². The van der Waals surface area contributed by atoms with Gasteiger partial charge < -0.3 is 9.64 Å². The van der Waals surface area contributed by atoms with Crippen molar-refractivity contribution in [1.29, 1.82) is 0 Å². The molecule has 0 saturated heterocycles. The Kier molecular flexibility index (Phi) is 7.40. The van der Waals surface area contributed by atoms with Gasteiger partial charge in [0.25, 0.3) is 0 Å². The number of hydrogen-bond donors (Lipinski definition) is 1. The summed E-state index contributed by atoms with van der Waals surface area (Å²) in [4.78, 5) is 13.6. The Morgan fingerprint density at radius 1 is 1.20 bits per heavy atom. The van der Waals surface area contributed by atoms with Gasteiger partial charge in [-0.15, -0.1) is 0 Å². The van der Waals surface area contributed by atoms with E-state index in [1.54, 1.807) is 24.1 Å². The van der Waals surface area contributed by atoms with Gasteiger partial charge in [-0.3, -0.25) is 4.79 Å². The Morgan fingerprint density at radius 2 is 1.92 bits per heavy atom. The first-order valence-corrected chi connectivity index (χ1v) is 10.3. The first kappa shape index (κ1) is 19.9. The molecule has 0 spiro atoms. The van der Waals surface area contributed by atoms with Crippen molar-refractivity contribution in [3.8, 4) is 0 Å². The van der Waals surface area contributed by atoms with Crippen LogP contribution in [0.1, 0.15) is 37.3 Å². The molecule has 0 fully saturated rings. The summed E-state index contributed by atoms with van der Waals surface area (Å²) in [7, 11) is -1.94. The number of rotatable bonds is 9. The van der Waals surface area contributed by atoms with Crippen LogP contribution in [0.25, 0.3) is 0 Å². The molecule has 0 unspecified atom stereocenters. The second-order valence-corrected chi connectivity index (χ2v) is 8.15. The van der Waals surface area contributed by atoms with Crippen molar-refractivity contribution in [2.75, 3.05) is 33.4 Å². The third kappa shape index (κ3) is 5.80. The van der Waals surface area contributed by atoms with Crippen molar-refractivity contribution in [1.82, 2.24) is 9.62 Å². The topological polar surface area (TPSA) is 75.7 Å². The summed E-state index contributed by atoms with van der Waals surface area (Å²) in [5, 5.41) is 0. The molecule has 0 atom stereocenters. The average molecular weight is 368 g/mol. The van der Waals surface area contributed by atoms with Gasteiger partial charge in [-0.1, -0.05) is 6.07 Å². The third-order valence-corrected chi connectivity index (χ3v) is 5.98. The molecule has 0 aromatic heterocycles. The van der Waals surface area contributed by atoms with E-state index >= 15 is 0 Å². The number of nitrogens with one attached hydrogen (secondary N) is 1. The zero-order valence-electron chi connectivity index (χ0n) is 15.1. The lowest BCUT2D eigenvalue weighted by Crippen LogP contribution is -2.38. The van der Waals surface area contributed by atoms with Gasteiger partial charge >= 0.3 is 0 Å². The van der Waals surface area contributed by atoms with Crippen LogP contribution in [0.4, 0.5) is 0 Å². The zero-order chi connectivity index (χ0) is 18.3. The van der Waals surface area contributed by atoms with E-state index in [0.29, 0.717) is 24.6 Å². The van der Waals surface area contributed by atoms with Crippen molar-refractivity contribution in [2.45, 2.75) is 43.9 Å². The molecule has 0 saturated carbocycles. The Labute approximate surface area is 150 Å². The van der Waals surface area contributed by atoms with Crippen LogP contribution >= 0.6 is 0 Å². The molecule has 2 rings (SSSR count). The lowest BCUT2D eigenvalue weighted by Gasteiger charge is -2.21. The normalized spacial score (nSPS) is 14.2. The number of aryl methyl sites for hydroxylation is 2. The second-order valence-electron chi connectivity index (χ2n) is 6.39.